The van der Waals surface area contributed by atoms with Crippen molar-refractivity contribution in [1.82, 2.24) is 9.62 Å². The van der Waals surface area contributed by atoms with Gasteiger partial charge in [-0.1, -0.05) is 0 Å². The minimum Gasteiger partial charge on any atom is -0.455 e. The number of carbonyl (C=O) groups excluding carboxylic acids is 2. The van der Waals surface area contributed by atoms with Crippen LogP contribution in [0.15, 0.2) is 17.0 Å². The Morgan fingerprint density at radius 2 is 1.73 bits per heavy atom. The maximum atomic E-state index is 13.5. The van der Waals surface area contributed by atoms with E-state index in [0.717, 1.165) is 19.3 Å². The van der Waals surface area contributed by atoms with Crippen LogP contribution in [0.25, 0.3) is 0 Å². The summed E-state index contributed by atoms with van der Waals surface area (Å²) in [7, 11) is -4.61. The molecule has 0 bridgehead atoms. The molecule has 7 nitrogen and oxygen atoms in total. The van der Waals surface area contributed by atoms with Gasteiger partial charge in [0.1, 0.15) is 11.4 Å². The molecule has 1 aromatic carbocycles. The van der Waals surface area contributed by atoms with Gasteiger partial charge in [0.25, 0.3) is 5.91 Å². The van der Waals surface area contributed by atoms with Crippen molar-refractivity contribution in [2.45, 2.75) is 24.2 Å². The lowest BCUT2D eigenvalue weighted by molar-refractivity contribution is -0.151. The Balaban J connectivity index is 1.88. The van der Waals surface area contributed by atoms with Crippen LogP contribution < -0.4 is 4.72 Å². The van der Waals surface area contributed by atoms with E-state index >= 15 is 0 Å². The molecule has 0 atom stereocenters. The first-order chi connectivity index (χ1) is 12.2. The Morgan fingerprint density at radius 3 is 2.38 bits per heavy atom. The highest BCUT2D eigenvalue weighted by molar-refractivity contribution is 7.89. The van der Waals surface area contributed by atoms with Crippen LogP contribution in [-0.4, -0.2) is 51.4 Å². The number of hydrogen-bond donors (Lipinski definition) is 1. The molecule has 1 fully saturated rings. The summed E-state index contributed by atoms with van der Waals surface area (Å²) in [5.74, 6) is -6.85. The van der Waals surface area contributed by atoms with Gasteiger partial charge in [-0.05, 0) is 31.4 Å². The lowest BCUT2D eigenvalue weighted by atomic mass is 10.1. The van der Waals surface area contributed by atoms with Crippen molar-refractivity contribution in [3.05, 3.63) is 29.6 Å². The summed E-state index contributed by atoms with van der Waals surface area (Å²) in [5, 5.41) is 0. The average molecular weight is 394 g/mol. The molecule has 0 aliphatic carbocycles. The molecule has 1 aliphatic heterocycles. The van der Waals surface area contributed by atoms with E-state index in [1.807, 2.05) is 0 Å². The normalized spacial score (nSPS) is 15.0. The fraction of sp³-hybridized carbons (Fsp3) is 0.467. The summed E-state index contributed by atoms with van der Waals surface area (Å²) in [6, 6.07) is 0.976. The van der Waals surface area contributed by atoms with Gasteiger partial charge in [-0.3, -0.25) is 9.59 Å². The number of sulfonamides is 1. The molecule has 1 saturated heterocycles. The van der Waals surface area contributed by atoms with Gasteiger partial charge < -0.3 is 9.64 Å². The summed E-state index contributed by atoms with van der Waals surface area (Å²) < 4.78 is 69.7. The van der Waals surface area contributed by atoms with E-state index in [0.29, 0.717) is 25.2 Å². The minimum absolute atomic E-state index is 0.396. The zero-order chi connectivity index (χ0) is 19.3. The highest BCUT2D eigenvalue weighted by atomic mass is 32.2. The number of piperidine rings is 1. The maximum Gasteiger partial charge on any atom is 0.321 e. The van der Waals surface area contributed by atoms with Crippen molar-refractivity contribution in [3.63, 3.8) is 0 Å². The van der Waals surface area contributed by atoms with Crippen LogP contribution in [0.1, 0.15) is 19.3 Å². The van der Waals surface area contributed by atoms with Gasteiger partial charge in [-0.15, -0.1) is 0 Å². The second-order valence-corrected chi connectivity index (χ2v) is 7.34. The van der Waals surface area contributed by atoms with Crippen molar-refractivity contribution in [2.24, 2.45) is 0 Å². The third kappa shape index (κ3) is 4.94. The number of esters is 1. The van der Waals surface area contributed by atoms with E-state index in [-0.39, 0.29) is 0 Å². The molecule has 2 rings (SSSR count). The Morgan fingerprint density at radius 1 is 1.08 bits per heavy atom. The number of rotatable bonds is 6. The number of likely N-dealkylation sites (tertiary alicyclic amines) is 1. The predicted octanol–water partition coefficient (Wildman–Crippen LogP) is 0.938. The number of amides is 1. The molecule has 1 heterocycles. The zero-order valence-electron chi connectivity index (χ0n) is 13.6. The first-order valence-electron chi connectivity index (χ1n) is 7.79. The topological polar surface area (TPSA) is 92.8 Å². The molecule has 0 spiro atoms. The Bertz CT molecular complexity index is 795. The molecule has 144 valence electrons. The Hall–Kier alpha value is -2.14. The Labute approximate surface area is 148 Å². The summed E-state index contributed by atoms with van der Waals surface area (Å²) in [6.45, 7) is -0.301. The summed E-state index contributed by atoms with van der Waals surface area (Å²) in [6.07, 6.45) is 2.74. The first-order valence-corrected chi connectivity index (χ1v) is 9.27. The average Bonchev–Trinajstić information content (AvgIpc) is 2.63. The van der Waals surface area contributed by atoms with Crippen LogP contribution in [0.4, 0.5) is 13.2 Å². The number of halogens is 3. The lowest BCUT2D eigenvalue weighted by Gasteiger charge is -2.26. The van der Waals surface area contributed by atoms with Crippen molar-refractivity contribution in [2.75, 3.05) is 26.2 Å². The van der Waals surface area contributed by atoms with Crippen LogP contribution >= 0.6 is 0 Å². The van der Waals surface area contributed by atoms with Gasteiger partial charge in [0, 0.05) is 13.1 Å². The van der Waals surface area contributed by atoms with Gasteiger partial charge in [0.05, 0.1) is 0 Å². The molecule has 0 unspecified atom stereocenters. The van der Waals surface area contributed by atoms with E-state index in [2.05, 4.69) is 4.74 Å². The number of benzene rings is 1. The van der Waals surface area contributed by atoms with E-state index in [1.165, 1.54) is 4.90 Å². The quantitative estimate of drug-likeness (QED) is 0.573. The molecule has 1 aliphatic rings. The second kappa shape index (κ2) is 8.49. The van der Waals surface area contributed by atoms with Gasteiger partial charge in [-0.2, -0.15) is 4.72 Å². The van der Waals surface area contributed by atoms with Crippen molar-refractivity contribution >= 4 is 21.9 Å². The molecular weight excluding hydrogens is 377 g/mol. The molecule has 1 amide bonds. The zero-order valence-corrected chi connectivity index (χ0v) is 14.5. The van der Waals surface area contributed by atoms with Crippen molar-refractivity contribution in [3.8, 4) is 0 Å². The molecule has 1 aromatic rings. The number of carbonyl (C=O) groups is 2. The molecular formula is C15H17F3N2O5S. The largest absolute Gasteiger partial charge is 0.455 e. The van der Waals surface area contributed by atoms with E-state index < -0.39 is 57.4 Å². The van der Waals surface area contributed by atoms with Crippen LogP contribution in [0.5, 0.6) is 0 Å². The fourth-order valence-electron chi connectivity index (χ4n) is 2.38. The number of hydrogen-bond acceptors (Lipinski definition) is 5. The molecule has 0 saturated carbocycles. The van der Waals surface area contributed by atoms with Gasteiger partial charge >= 0.3 is 5.97 Å². The highest BCUT2D eigenvalue weighted by Crippen LogP contribution is 2.19. The first kappa shape index (κ1) is 20.2. The third-order valence-electron chi connectivity index (χ3n) is 3.76. The van der Waals surface area contributed by atoms with Crippen LogP contribution in [0.2, 0.25) is 0 Å². The summed E-state index contributed by atoms with van der Waals surface area (Å²) >= 11 is 0. The lowest BCUT2D eigenvalue weighted by Crippen LogP contribution is -2.39. The third-order valence-corrected chi connectivity index (χ3v) is 5.18. The maximum absolute atomic E-state index is 13.5. The summed E-state index contributed by atoms with van der Waals surface area (Å²) in [5.41, 5.74) is 0. The smallest absolute Gasteiger partial charge is 0.321 e. The van der Waals surface area contributed by atoms with Crippen LogP contribution in [0.3, 0.4) is 0 Å². The molecule has 0 aromatic heterocycles. The van der Waals surface area contributed by atoms with Gasteiger partial charge in [0.15, 0.2) is 24.1 Å². The number of ether oxygens (including phenoxy) is 1. The number of nitrogens with one attached hydrogen (secondary N) is 1. The van der Waals surface area contributed by atoms with E-state index in [1.54, 1.807) is 4.72 Å². The predicted molar refractivity (Wildman–Crippen MR) is 82.9 cm³/mol. The fourth-order valence-corrected chi connectivity index (χ4v) is 3.41. The highest BCUT2D eigenvalue weighted by Gasteiger charge is 2.25. The SMILES string of the molecule is O=C(CNS(=O)(=O)c1ccc(F)c(F)c1F)OCC(=O)N1CCCCC1. The van der Waals surface area contributed by atoms with Crippen molar-refractivity contribution in [1.29, 1.82) is 0 Å². The van der Waals surface area contributed by atoms with E-state index in [9.17, 15) is 31.2 Å². The molecule has 0 radical (unpaired) electrons. The molecule has 26 heavy (non-hydrogen) atoms. The van der Waals surface area contributed by atoms with Crippen LogP contribution in [-0.2, 0) is 24.3 Å². The minimum atomic E-state index is -4.61. The Kier molecular flexibility index (Phi) is 6.59. The number of nitrogens with zero attached hydrogens (tertiary/aromatic N) is 1. The van der Waals surface area contributed by atoms with Gasteiger partial charge in [0.2, 0.25) is 10.0 Å². The standard InChI is InChI=1S/C15H17F3N2O5S/c16-10-4-5-11(15(18)14(10)17)26(23,24)19-8-13(22)25-9-12(21)20-6-2-1-3-7-20/h4-5,19H,1-3,6-9H2. The van der Waals surface area contributed by atoms with Crippen molar-refractivity contribution < 1.29 is 35.9 Å². The summed E-state index contributed by atoms with van der Waals surface area (Å²) in [4.78, 5) is 23.8. The van der Waals surface area contributed by atoms with Crippen LogP contribution in [0, 0.1) is 17.5 Å². The monoisotopic (exact) mass is 394 g/mol. The second-order valence-electron chi connectivity index (χ2n) is 5.60. The molecule has 11 heteroatoms. The van der Waals surface area contributed by atoms with E-state index in [4.69, 9.17) is 0 Å². The molecule has 1 N–H and O–H groups in total. The van der Waals surface area contributed by atoms with Gasteiger partial charge in [-0.25, -0.2) is 21.6 Å².